The lowest BCUT2D eigenvalue weighted by atomic mass is 10.0. The van der Waals surface area contributed by atoms with Crippen LogP contribution in [-0.2, 0) is 9.53 Å². The average molecular weight is 333 g/mol. The SMILES string of the molecule is O=C(CN(O)c1ccccc1)OC(c1ccccc1)c1ccccc1. The quantitative estimate of drug-likeness (QED) is 0.542. The fraction of sp³-hybridized carbons (Fsp3) is 0.0952. The molecule has 4 heteroatoms. The number of para-hydroxylation sites is 1. The summed E-state index contributed by atoms with van der Waals surface area (Å²) >= 11 is 0. The van der Waals surface area contributed by atoms with Crippen molar-refractivity contribution >= 4 is 11.7 Å². The van der Waals surface area contributed by atoms with E-state index >= 15 is 0 Å². The van der Waals surface area contributed by atoms with E-state index in [0.29, 0.717) is 5.69 Å². The predicted molar refractivity (Wildman–Crippen MR) is 96.4 cm³/mol. The normalized spacial score (nSPS) is 10.5. The van der Waals surface area contributed by atoms with Gasteiger partial charge in [-0.15, -0.1) is 0 Å². The first-order valence-electron chi connectivity index (χ1n) is 8.05. The van der Waals surface area contributed by atoms with Crippen LogP contribution in [0.2, 0.25) is 0 Å². The second-order valence-corrected chi connectivity index (χ2v) is 5.58. The molecule has 0 aliphatic rings. The first-order valence-corrected chi connectivity index (χ1v) is 8.05. The van der Waals surface area contributed by atoms with Crippen LogP contribution in [0.4, 0.5) is 5.69 Å². The minimum absolute atomic E-state index is 0.250. The lowest BCUT2D eigenvalue weighted by Crippen LogP contribution is -2.28. The lowest BCUT2D eigenvalue weighted by Gasteiger charge is -2.21. The van der Waals surface area contributed by atoms with Gasteiger partial charge in [0.15, 0.2) is 6.10 Å². The number of rotatable bonds is 6. The molecule has 0 aromatic heterocycles. The van der Waals surface area contributed by atoms with Crippen LogP contribution in [0.25, 0.3) is 0 Å². The predicted octanol–water partition coefficient (Wildman–Crippen LogP) is 4.22. The number of nitrogens with zero attached hydrogens (tertiary/aromatic N) is 1. The number of ether oxygens (including phenoxy) is 1. The number of esters is 1. The van der Waals surface area contributed by atoms with Crippen molar-refractivity contribution in [2.75, 3.05) is 11.6 Å². The van der Waals surface area contributed by atoms with Gasteiger partial charge in [-0.05, 0) is 23.3 Å². The van der Waals surface area contributed by atoms with Crippen LogP contribution in [0.5, 0.6) is 0 Å². The first-order chi connectivity index (χ1) is 12.2. The molecule has 0 fully saturated rings. The number of benzene rings is 3. The Balaban J connectivity index is 1.75. The molecule has 3 rings (SSSR count). The van der Waals surface area contributed by atoms with Crippen molar-refractivity contribution in [2.45, 2.75) is 6.10 Å². The van der Waals surface area contributed by atoms with E-state index in [9.17, 15) is 10.0 Å². The molecule has 0 aliphatic carbocycles. The number of anilines is 1. The topological polar surface area (TPSA) is 49.8 Å². The molecule has 4 nitrogen and oxygen atoms in total. The summed E-state index contributed by atoms with van der Waals surface area (Å²) in [4.78, 5) is 12.4. The molecule has 0 radical (unpaired) electrons. The summed E-state index contributed by atoms with van der Waals surface area (Å²) in [7, 11) is 0. The smallest absolute Gasteiger partial charge is 0.329 e. The number of hydrogen-bond acceptors (Lipinski definition) is 4. The van der Waals surface area contributed by atoms with Crippen molar-refractivity contribution in [3.8, 4) is 0 Å². The van der Waals surface area contributed by atoms with Crippen LogP contribution in [0.3, 0.4) is 0 Å². The maximum absolute atomic E-state index is 12.4. The minimum Gasteiger partial charge on any atom is -0.451 e. The molecule has 1 N–H and O–H groups in total. The zero-order chi connectivity index (χ0) is 17.5. The number of carbonyl (C=O) groups excluding carboxylic acids is 1. The third-order valence-corrected chi connectivity index (χ3v) is 3.79. The lowest BCUT2D eigenvalue weighted by molar-refractivity contribution is -0.146. The molecule has 3 aromatic rings. The molecule has 0 amide bonds. The van der Waals surface area contributed by atoms with Gasteiger partial charge in [0.1, 0.15) is 6.54 Å². The molecule has 0 saturated heterocycles. The molecule has 126 valence electrons. The van der Waals surface area contributed by atoms with E-state index in [2.05, 4.69) is 0 Å². The summed E-state index contributed by atoms with van der Waals surface area (Å²) in [6, 6.07) is 28.0. The molecule has 0 saturated carbocycles. The molecular weight excluding hydrogens is 314 g/mol. The van der Waals surface area contributed by atoms with E-state index in [-0.39, 0.29) is 6.54 Å². The maximum Gasteiger partial charge on any atom is 0.329 e. The van der Waals surface area contributed by atoms with Gasteiger partial charge in [-0.2, -0.15) is 0 Å². The van der Waals surface area contributed by atoms with Crippen molar-refractivity contribution < 1.29 is 14.7 Å². The number of carbonyl (C=O) groups is 1. The van der Waals surface area contributed by atoms with Gasteiger partial charge in [0.05, 0.1) is 5.69 Å². The summed E-state index contributed by atoms with van der Waals surface area (Å²) in [5, 5.41) is 11.0. The standard InChI is InChI=1S/C21H19NO3/c23-20(16-22(24)19-14-8-3-9-15-19)25-21(17-10-4-1-5-11-17)18-12-6-2-7-13-18/h1-15,21,24H,16H2. The fourth-order valence-electron chi connectivity index (χ4n) is 2.57. The van der Waals surface area contributed by atoms with Crippen LogP contribution in [-0.4, -0.2) is 17.7 Å². The van der Waals surface area contributed by atoms with Crippen molar-refractivity contribution in [3.05, 3.63) is 102 Å². The summed E-state index contributed by atoms with van der Waals surface area (Å²) in [6.45, 7) is -0.250. The summed E-state index contributed by atoms with van der Waals surface area (Å²) in [5.41, 5.74) is 2.30. The maximum atomic E-state index is 12.4. The molecule has 0 bridgehead atoms. The van der Waals surface area contributed by atoms with E-state index in [4.69, 9.17) is 4.74 Å². The van der Waals surface area contributed by atoms with Gasteiger partial charge in [-0.3, -0.25) is 5.21 Å². The van der Waals surface area contributed by atoms with Crippen molar-refractivity contribution in [1.29, 1.82) is 0 Å². The Bertz CT molecular complexity index is 752. The Morgan fingerprint density at radius 2 is 1.24 bits per heavy atom. The molecule has 0 heterocycles. The van der Waals surface area contributed by atoms with Gasteiger partial charge < -0.3 is 4.74 Å². The summed E-state index contributed by atoms with van der Waals surface area (Å²) < 4.78 is 5.67. The third-order valence-electron chi connectivity index (χ3n) is 3.79. The van der Waals surface area contributed by atoms with Crippen LogP contribution >= 0.6 is 0 Å². The highest BCUT2D eigenvalue weighted by Crippen LogP contribution is 2.26. The molecule has 3 aromatic carbocycles. The molecule has 0 atom stereocenters. The highest BCUT2D eigenvalue weighted by atomic mass is 16.6. The molecule has 0 aliphatic heterocycles. The minimum atomic E-state index is -0.515. The largest absolute Gasteiger partial charge is 0.451 e. The second-order valence-electron chi connectivity index (χ2n) is 5.58. The monoisotopic (exact) mass is 333 g/mol. The zero-order valence-electron chi connectivity index (χ0n) is 13.7. The van der Waals surface area contributed by atoms with Crippen LogP contribution in [0.15, 0.2) is 91.0 Å². The van der Waals surface area contributed by atoms with Crippen molar-refractivity contribution in [2.24, 2.45) is 0 Å². The molecule has 25 heavy (non-hydrogen) atoms. The van der Waals surface area contributed by atoms with Crippen molar-refractivity contribution in [3.63, 3.8) is 0 Å². The van der Waals surface area contributed by atoms with Gasteiger partial charge in [-0.25, -0.2) is 9.86 Å². The molecule has 0 spiro atoms. The Hall–Kier alpha value is -3.11. The van der Waals surface area contributed by atoms with Crippen LogP contribution in [0, 0.1) is 0 Å². The van der Waals surface area contributed by atoms with Gasteiger partial charge in [-0.1, -0.05) is 78.9 Å². The highest BCUT2D eigenvalue weighted by molar-refractivity contribution is 5.75. The van der Waals surface area contributed by atoms with E-state index < -0.39 is 12.1 Å². The Labute approximate surface area is 146 Å². The number of hydrogen-bond donors (Lipinski definition) is 1. The first kappa shape index (κ1) is 16.7. The van der Waals surface area contributed by atoms with Gasteiger partial charge in [0, 0.05) is 0 Å². The summed E-state index contributed by atoms with van der Waals surface area (Å²) in [5.74, 6) is -0.510. The zero-order valence-corrected chi connectivity index (χ0v) is 13.7. The second kappa shape index (κ2) is 8.13. The van der Waals surface area contributed by atoms with Crippen LogP contribution < -0.4 is 5.06 Å². The molecule has 0 unspecified atom stereocenters. The average Bonchev–Trinajstić information content (AvgIpc) is 2.68. The number of hydroxylamine groups is 1. The Kier molecular flexibility index (Phi) is 5.44. The van der Waals surface area contributed by atoms with E-state index in [1.165, 1.54) is 0 Å². The Morgan fingerprint density at radius 1 is 0.800 bits per heavy atom. The van der Waals surface area contributed by atoms with E-state index in [0.717, 1.165) is 16.2 Å². The molecular formula is C21H19NO3. The third kappa shape index (κ3) is 4.46. The van der Waals surface area contributed by atoms with Gasteiger partial charge in [0.25, 0.3) is 0 Å². The Morgan fingerprint density at radius 3 is 1.72 bits per heavy atom. The fourth-order valence-corrected chi connectivity index (χ4v) is 2.57. The summed E-state index contributed by atoms with van der Waals surface area (Å²) in [6.07, 6.45) is -0.515. The van der Waals surface area contributed by atoms with Crippen molar-refractivity contribution in [1.82, 2.24) is 0 Å². The van der Waals surface area contributed by atoms with E-state index in [1.807, 2.05) is 66.7 Å². The van der Waals surface area contributed by atoms with Gasteiger partial charge >= 0.3 is 5.97 Å². The van der Waals surface area contributed by atoms with Gasteiger partial charge in [0.2, 0.25) is 0 Å². The highest BCUT2D eigenvalue weighted by Gasteiger charge is 2.20. The van der Waals surface area contributed by atoms with E-state index in [1.54, 1.807) is 24.3 Å². The van der Waals surface area contributed by atoms with Crippen LogP contribution in [0.1, 0.15) is 17.2 Å².